The first-order chi connectivity index (χ1) is 9.22. The minimum absolute atomic E-state index is 0.241. The summed E-state index contributed by atoms with van der Waals surface area (Å²) in [7, 11) is 4.99. The van der Waals surface area contributed by atoms with E-state index in [4.69, 9.17) is 14.2 Å². The number of methoxy groups -OCH3 is 3. The van der Waals surface area contributed by atoms with Gasteiger partial charge in [0.1, 0.15) is 5.75 Å². The topological polar surface area (TPSA) is 39.7 Å². The quantitative estimate of drug-likeness (QED) is 0.920. The van der Waals surface area contributed by atoms with E-state index < -0.39 is 0 Å². The van der Waals surface area contributed by atoms with Crippen LogP contribution in [0.15, 0.2) is 10.5 Å². The summed E-state index contributed by atoms with van der Waals surface area (Å²) in [6.45, 7) is 1.02. The van der Waals surface area contributed by atoms with Crippen LogP contribution in [0.3, 0.4) is 0 Å². The van der Waals surface area contributed by atoms with E-state index in [1.54, 1.807) is 21.3 Å². The minimum Gasteiger partial charge on any atom is -0.495 e. The average molecular weight is 330 g/mol. The van der Waals surface area contributed by atoms with Gasteiger partial charge in [0.15, 0.2) is 11.5 Å². The summed E-state index contributed by atoms with van der Waals surface area (Å²) in [5.74, 6) is 2.29. The summed E-state index contributed by atoms with van der Waals surface area (Å²) in [5.41, 5.74) is 1.04. The third-order valence-electron chi connectivity index (χ3n) is 3.47. The lowest BCUT2D eigenvalue weighted by Crippen LogP contribution is -2.27. The molecule has 5 heteroatoms. The maximum Gasteiger partial charge on any atom is 0.169 e. The number of rotatable bonds is 4. The average Bonchev–Trinajstić information content (AvgIpc) is 2.46. The van der Waals surface area contributed by atoms with Crippen LogP contribution in [0.1, 0.15) is 30.9 Å². The van der Waals surface area contributed by atoms with Gasteiger partial charge in [-0.25, -0.2) is 0 Å². The molecule has 0 spiro atoms. The summed E-state index contributed by atoms with van der Waals surface area (Å²) in [5, 5.41) is 3.53. The molecule has 19 heavy (non-hydrogen) atoms. The summed E-state index contributed by atoms with van der Waals surface area (Å²) in [6.07, 6.45) is 3.50. The van der Waals surface area contributed by atoms with Crippen molar-refractivity contribution in [3.8, 4) is 17.2 Å². The predicted molar refractivity (Wildman–Crippen MR) is 78.4 cm³/mol. The Hall–Kier alpha value is -0.940. The largest absolute Gasteiger partial charge is 0.495 e. The lowest BCUT2D eigenvalue weighted by atomic mass is 9.95. The van der Waals surface area contributed by atoms with Crippen LogP contribution >= 0.6 is 15.9 Å². The Bertz CT molecular complexity index is 445. The molecular formula is C14H20BrNO3. The van der Waals surface area contributed by atoms with Crippen molar-refractivity contribution in [1.82, 2.24) is 5.32 Å². The molecule has 0 bridgehead atoms. The maximum atomic E-state index is 5.55. The van der Waals surface area contributed by atoms with Gasteiger partial charge in [-0.05, 0) is 35.3 Å². The minimum atomic E-state index is 0.241. The summed E-state index contributed by atoms with van der Waals surface area (Å²) in [4.78, 5) is 0. The third kappa shape index (κ3) is 2.82. The van der Waals surface area contributed by atoms with E-state index in [2.05, 4.69) is 21.2 Å². The van der Waals surface area contributed by atoms with Crippen LogP contribution in [-0.2, 0) is 0 Å². The van der Waals surface area contributed by atoms with Crippen molar-refractivity contribution in [3.05, 3.63) is 16.1 Å². The molecular weight excluding hydrogens is 310 g/mol. The van der Waals surface area contributed by atoms with Crippen LogP contribution in [-0.4, -0.2) is 27.9 Å². The SMILES string of the molecule is COc1cc(Br)c(OC)c(C2CCCCN2)c1OC. The lowest BCUT2D eigenvalue weighted by Gasteiger charge is -2.28. The fourth-order valence-corrected chi connectivity index (χ4v) is 3.18. The number of halogens is 1. The van der Waals surface area contributed by atoms with Crippen LogP contribution in [0, 0.1) is 0 Å². The zero-order chi connectivity index (χ0) is 13.8. The van der Waals surface area contributed by atoms with E-state index >= 15 is 0 Å². The van der Waals surface area contributed by atoms with E-state index in [0.717, 1.165) is 40.3 Å². The molecule has 0 aromatic heterocycles. The number of piperidine rings is 1. The Labute approximate surface area is 122 Å². The summed E-state index contributed by atoms with van der Waals surface area (Å²) in [6, 6.07) is 2.12. The van der Waals surface area contributed by atoms with Crippen LogP contribution in [0.4, 0.5) is 0 Å². The molecule has 1 aliphatic rings. The molecule has 0 aliphatic carbocycles. The third-order valence-corrected chi connectivity index (χ3v) is 4.06. The fourth-order valence-electron chi connectivity index (χ4n) is 2.60. The van der Waals surface area contributed by atoms with Gasteiger partial charge in [0.25, 0.3) is 0 Å². The number of hydrogen-bond acceptors (Lipinski definition) is 4. The van der Waals surface area contributed by atoms with Crippen LogP contribution in [0.25, 0.3) is 0 Å². The normalized spacial score (nSPS) is 19.1. The van der Waals surface area contributed by atoms with Crippen molar-refractivity contribution >= 4 is 15.9 Å². The molecule has 0 amide bonds. The second kappa shape index (κ2) is 6.48. The Kier molecular flexibility index (Phi) is 4.93. The van der Waals surface area contributed by atoms with E-state index in [1.165, 1.54) is 12.8 Å². The number of hydrogen-bond donors (Lipinski definition) is 1. The molecule has 1 N–H and O–H groups in total. The van der Waals surface area contributed by atoms with Crippen molar-refractivity contribution in [1.29, 1.82) is 0 Å². The first-order valence-corrected chi connectivity index (χ1v) is 7.24. The Morgan fingerprint density at radius 1 is 1.11 bits per heavy atom. The highest BCUT2D eigenvalue weighted by Gasteiger charge is 2.27. The Balaban J connectivity index is 2.55. The molecule has 1 saturated heterocycles. The molecule has 0 radical (unpaired) electrons. The van der Waals surface area contributed by atoms with Gasteiger partial charge in [-0.1, -0.05) is 6.42 Å². The highest BCUT2D eigenvalue weighted by atomic mass is 79.9. The van der Waals surface area contributed by atoms with Gasteiger partial charge in [-0.15, -0.1) is 0 Å². The molecule has 1 heterocycles. The lowest BCUT2D eigenvalue weighted by molar-refractivity contribution is 0.323. The van der Waals surface area contributed by atoms with Crippen molar-refractivity contribution in [2.45, 2.75) is 25.3 Å². The highest BCUT2D eigenvalue weighted by molar-refractivity contribution is 9.10. The molecule has 106 valence electrons. The van der Waals surface area contributed by atoms with Crippen LogP contribution in [0.2, 0.25) is 0 Å². The van der Waals surface area contributed by atoms with Crippen molar-refractivity contribution in [2.24, 2.45) is 0 Å². The van der Waals surface area contributed by atoms with Gasteiger partial charge < -0.3 is 19.5 Å². The van der Waals surface area contributed by atoms with E-state index in [0.29, 0.717) is 0 Å². The summed E-state index contributed by atoms with van der Waals surface area (Å²) < 4.78 is 17.4. The van der Waals surface area contributed by atoms with Gasteiger partial charge in [0, 0.05) is 12.1 Å². The molecule has 1 fully saturated rings. The first kappa shape index (κ1) is 14.5. The Morgan fingerprint density at radius 3 is 2.37 bits per heavy atom. The van der Waals surface area contributed by atoms with Gasteiger partial charge in [0.2, 0.25) is 0 Å². The monoisotopic (exact) mass is 329 g/mol. The van der Waals surface area contributed by atoms with Gasteiger partial charge in [0.05, 0.1) is 31.4 Å². The molecule has 1 aromatic carbocycles. The molecule has 1 unspecified atom stereocenters. The molecule has 2 rings (SSSR count). The fraction of sp³-hybridized carbons (Fsp3) is 0.571. The molecule has 4 nitrogen and oxygen atoms in total. The standard InChI is InChI=1S/C14H20BrNO3/c1-17-11-8-9(15)13(18-2)12(14(11)19-3)10-6-4-5-7-16-10/h8,10,16H,4-7H2,1-3H3. The summed E-state index contributed by atoms with van der Waals surface area (Å²) >= 11 is 3.54. The zero-order valence-electron chi connectivity index (χ0n) is 11.6. The van der Waals surface area contributed by atoms with E-state index in [-0.39, 0.29) is 6.04 Å². The van der Waals surface area contributed by atoms with Crippen molar-refractivity contribution in [3.63, 3.8) is 0 Å². The van der Waals surface area contributed by atoms with Crippen LogP contribution < -0.4 is 19.5 Å². The maximum absolute atomic E-state index is 5.55. The predicted octanol–water partition coefficient (Wildman–Crippen LogP) is 3.29. The molecule has 1 aromatic rings. The number of nitrogens with one attached hydrogen (secondary N) is 1. The van der Waals surface area contributed by atoms with Crippen LogP contribution in [0.5, 0.6) is 17.2 Å². The van der Waals surface area contributed by atoms with Crippen molar-refractivity contribution < 1.29 is 14.2 Å². The van der Waals surface area contributed by atoms with Gasteiger partial charge in [-0.3, -0.25) is 0 Å². The van der Waals surface area contributed by atoms with Gasteiger partial charge >= 0.3 is 0 Å². The molecule has 0 saturated carbocycles. The molecule has 1 aliphatic heterocycles. The first-order valence-electron chi connectivity index (χ1n) is 6.44. The second-order valence-corrected chi connectivity index (χ2v) is 5.40. The van der Waals surface area contributed by atoms with Gasteiger partial charge in [-0.2, -0.15) is 0 Å². The Morgan fingerprint density at radius 2 is 1.84 bits per heavy atom. The second-order valence-electron chi connectivity index (χ2n) is 4.54. The zero-order valence-corrected chi connectivity index (χ0v) is 13.2. The number of benzene rings is 1. The van der Waals surface area contributed by atoms with Crippen molar-refractivity contribution in [2.75, 3.05) is 27.9 Å². The smallest absolute Gasteiger partial charge is 0.169 e. The van der Waals surface area contributed by atoms with E-state index in [1.807, 2.05) is 6.07 Å². The number of ether oxygens (including phenoxy) is 3. The highest BCUT2D eigenvalue weighted by Crippen LogP contribution is 2.47. The molecule has 1 atom stereocenters. The van der Waals surface area contributed by atoms with E-state index in [9.17, 15) is 0 Å².